The molecule has 86 valence electrons. The highest BCUT2D eigenvalue weighted by atomic mass is 35.5. The summed E-state index contributed by atoms with van der Waals surface area (Å²) in [5.41, 5.74) is 7.65. The Morgan fingerprint density at radius 3 is 2.75 bits per heavy atom. The number of benzene rings is 1. The summed E-state index contributed by atoms with van der Waals surface area (Å²) in [4.78, 5) is 4.34. The van der Waals surface area contributed by atoms with Crippen molar-refractivity contribution in [2.45, 2.75) is 19.8 Å². The number of anilines is 1. The van der Waals surface area contributed by atoms with Gasteiger partial charge in [-0.25, -0.2) is 4.98 Å². The molecule has 0 bridgehead atoms. The van der Waals surface area contributed by atoms with Crippen LogP contribution in [0.25, 0.3) is 10.2 Å². The zero-order chi connectivity index (χ0) is 11.9. The van der Waals surface area contributed by atoms with Gasteiger partial charge < -0.3 is 10.5 Å². The minimum atomic E-state index is 0.289. The molecule has 2 N–H and O–H groups in total. The van der Waals surface area contributed by atoms with Gasteiger partial charge in [0.15, 0.2) is 5.13 Å². The maximum atomic E-state index is 6.17. The SMILES string of the molecule is COc1c(Cl)cc2sc(N)nc2c1C(C)C. The molecule has 0 fully saturated rings. The molecule has 0 aliphatic carbocycles. The van der Waals surface area contributed by atoms with Gasteiger partial charge in [-0.05, 0) is 12.0 Å². The molecule has 0 unspecified atom stereocenters. The van der Waals surface area contributed by atoms with Crippen LogP contribution in [0, 0.1) is 0 Å². The van der Waals surface area contributed by atoms with Gasteiger partial charge in [-0.2, -0.15) is 0 Å². The fourth-order valence-electron chi connectivity index (χ4n) is 1.80. The number of nitrogen functional groups attached to an aromatic ring is 1. The van der Waals surface area contributed by atoms with Crippen LogP contribution in [0.2, 0.25) is 5.02 Å². The van der Waals surface area contributed by atoms with E-state index < -0.39 is 0 Å². The first-order chi connectivity index (χ1) is 7.54. The minimum Gasteiger partial charge on any atom is -0.495 e. The summed E-state index contributed by atoms with van der Waals surface area (Å²) in [6, 6.07) is 1.86. The quantitative estimate of drug-likeness (QED) is 0.892. The fraction of sp³-hybridized carbons (Fsp3) is 0.364. The second kappa shape index (κ2) is 4.11. The van der Waals surface area contributed by atoms with Crippen LogP contribution in [-0.2, 0) is 0 Å². The third kappa shape index (κ3) is 1.72. The van der Waals surface area contributed by atoms with Gasteiger partial charge in [0.1, 0.15) is 5.75 Å². The molecule has 0 saturated carbocycles. The average Bonchev–Trinajstić information content (AvgIpc) is 2.55. The third-order valence-electron chi connectivity index (χ3n) is 2.43. The molecule has 1 aromatic carbocycles. The molecule has 3 nitrogen and oxygen atoms in total. The predicted molar refractivity (Wildman–Crippen MR) is 69.7 cm³/mol. The normalized spacial score (nSPS) is 11.3. The molecular weight excluding hydrogens is 244 g/mol. The zero-order valence-electron chi connectivity index (χ0n) is 9.37. The highest BCUT2D eigenvalue weighted by molar-refractivity contribution is 7.22. The van der Waals surface area contributed by atoms with E-state index >= 15 is 0 Å². The van der Waals surface area contributed by atoms with Crippen molar-refractivity contribution in [3.63, 3.8) is 0 Å². The number of aromatic nitrogens is 1. The number of ether oxygens (including phenoxy) is 1. The van der Waals surface area contributed by atoms with Gasteiger partial charge in [-0.15, -0.1) is 0 Å². The molecule has 1 aromatic heterocycles. The fourth-order valence-corrected chi connectivity index (χ4v) is 2.94. The molecule has 0 aliphatic heterocycles. The standard InChI is InChI=1S/C11H13ClN2OS/c1-5(2)8-9-7(16-11(13)14-9)4-6(12)10(8)15-3/h4-5H,1-3H3,(H2,13,14). The lowest BCUT2D eigenvalue weighted by atomic mass is 10.0. The number of nitrogens with zero attached hydrogens (tertiary/aromatic N) is 1. The summed E-state index contributed by atoms with van der Waals surface area (Å²) in [7, 11) is 1.62. The number of methoxy groups -OCH3 is 1. The molecule has 5 heteroatoms. The van der Waals surface area contributed by atoms with E-state index in [1.807, 2.05) is 6.07 Å². The van der Waals surface area contributed by atoms with Crippen LogP contribution in [-0.4, -0.2) is 12.1 Å². The van der Waals surface area contributed by atoms with Gasteiger partial charge in [0.05, 0.1) is 22.3 Å². The lowest BCUT2D eigenvalue weighted by molar-refractivity contribution is 0.408. The number of halogens is 1. The first kappa shape index (κ1) is 11.5. The zero-order valence-corrected chi connectivity index (χ0v) is 10.9. The van der Waals surface area contributed by atoms with Crippen molar-refractivity contribution in [2.75, 3.05) is 12.8 Å². The van der Waals surface area contributed by atoms with E-state index in [2.05, 4.69) is 18.8 Å². The Labute approximate surface area is 103 Å². The van der Waals surface area contributed by atoms with Crippen LogP contribution >= 0.6 is 22.9 Å². The van der Waals surface area contributed by atoms with E-state index in [9.17, 15) is 0 Å². The van der Waals surface area contributed by atoms with Crippen LogP contribution < -0.4 is 10.5 Å². The maximum absolute atomic E-state index is 6.17. The number of rotatable bonds is 2. The van der Waals surface area contributed by atoms with Crippen LogP contribution in [0.1, 0.15) is 25.3 Å². The van der Waals surface area contributed by atoms with Gasteiger partial charge in [0, 0.05) is 5.56 Å². The van der Waals surface area contributed by atoms with E-state index in [4.69, 9.17) is 22.1 Å². The second-order valence-corrected chi connectivity index (χ2v) is 5.33. The molecule has 2 rings (SSSR count). The Kier molecular flexibility index (Phi) is 2.95. The highest BCUT2D eigenvalue weighted by Crippen LogP contribution is 2.41. The van der Waals surface area contributed by atoms with Gasteiger partial charge in [-0.3, -0.25) is 0 Å². The number of fused-ring (bicyclic) bond motifs is 1. The average molecular weight is 257 g/mol. The third-order valence-corrected chi connectivity index (χ3v) is 3.54. The largest absolute Gasteiger partial charge is 0.495 e. The molecule has 16 heavy (non-hydrogen) atoms. The van der Waals surface area contributed by atoms with Crippen LogP contribution in [0.3, 0.4) is 0 Å². The van der Waals surface area contributed by atoms with E-state index in [1.54, 1.807) is 7.11 Å². The molecule has 1 heterocycles. The highest BCUT2D eigenvalue weighted by Gasteiger charge is 2.18. The Hall–Kier alpha value is -1.00. The van der Waals surface area contributed by atoms with Gasteiger partial charge in [-0.1, -0.05) is 36.8 Å². The predicted octanol–water partition coefficient (Wildman–Crippen LogP) is 3.66. The van der Waals surface area contributed by atoms with Crippen molar-refractivity contribution >= 4 is 38.3 Å². The van der Waals surface area contributed by atoms with Crippen molar-refractivity contribution < 1.29 is 4.74 Å². The van der Waals surface area contributed by atoms with Gasteiger partial charge in [0.25, 0.3) is 0 Å². The van der Waals surface area contributed by atoms with Crippen molar-refractivity contribution in [3.05, 3.63) is 16.7 Å². The first-order valence-electron chi connectivity index (χ1n) is 4.97. The molecule has 0 aliphatic rings. The van der Waals surface area contributed by atoms with Crippen molar-refractivity contribution in [1.29, 1.82) is 0 Å². The molecular formula is C11H13ClN2OS. The monoisotopic (exact) mass is 256 g/mol. The van der Waals surface area contributed by atoms with E-state index in [0.29, 0.717) is 15.9 Å². The van der Waals surface area contributed by atoms with E-state index in [-0.39, 0.29) is 5.92 Å². The maximum Gasteiger partial charge on any atom is 0.181 e. The Bertz CT molecular complexity index is 536. The smallest absolute Gasteiger partial charge is 0.181 e. The van der Waals surface area contributed by atoms with E-state index in [1.165, 1.54) is 11.3 Å². The number of thiazole rings is 1. The van der Waals surface area contributed by atoms with Gasteiger partial charge >= 0.3 is 0 Å². The van der Waals surface area contributed by atoms with Crippen LogP contribution in [0.15, 0.2) is 6.07 Å². The molecule has 0 radical (unpaired) electrons. The topological polar surface area (TPSA) is 48.1 Å². The number of hydrogen-bond acceptors (Lipinski definition) is 4. The molecule has 0 spiro atoms. The Morgan fingerprint density at radius 1 is 1.50 bits per heavy atom. The molecule has 2 aromatic rings. The number of nitrogens with two attached hydrogens (primary N) is 1. The van der Waals surface area contributed by atoms with Crippen molar-refractivity contribution in [3.8, 4) is 5.75 Å². The Balaban J connectivity index is 2.86. The Morgan fingerprint density at radius 2 is 2.19 bits per heavy atom. The minimum absolute atomic E-state index is 0.289. The lowest BCUT2D eigenvalue weighted by Crippen LogP contribution is -1.96. The van der Waals surface area contributed by atoms with E-state index in [0.717, 1.165) is 15.8 Å². The van der Waals surface area contributed by atoms with Crippen molar-refractivity contribution in [1.82, 2.24) is 4.98 Å². The second-order valence-electron chi connectivity index (χ2n) is 3.86. The lowest BCUT2D eigenvalue weighted by Gasteiger charge is -2.13. The van der Waals surface area contributed by atoms with Crippen molar-refractivity contribution in [2.24, 2.45) is 0 Å². The summed E-state index contributed by atoms with van der Waals surface area (Å²) in [6.45, 7) is 4.17. The van der Waals surface area contributed by atoms with Gasteiger partial charge in [0.2, 0.25) is 0 Å². The summed E-state index contributed by atoms with van der Waals surface area (Å²) in [5.74, 6) is 0.993. The number of hydrogen-bond donors (Lipinski definition) is 1. The van der Waals surface area contributed by atoms with Crippen LogP contribution in [0.5, 0.6) is 5.75 Å². The first-order valence-corrected chi connectivity index (χ1v) is 6.16. The molecule has 0 amide bonds. The molecule has 0 saturated heterocycles. The summed E-state index contributed by atoms with van der Waals surface area (Å²) in [5, 5.41) is 1.17. The summed E-state index contributed by atoms with van der Waals surface area (Å²) >= 11 is 7.62. The van der Waals surface area contributed by atoms with Crippen LogP contribution in [0.4, 0.5) is 5.13 Å². The summed E-state index contributed by atoms with van der Waals surface area (Å²) < 4.78 is 6.35. The molecule has 0 atom stereocenters. The summed E-state index contributed by atoms with van der Waals surface area (Å²) in [6.07, 6.45) is 0.